The summed E-state index contributed by atoms with van der Waals surface area (Å²) in [5.74, 6) is -4.59. The Kier molecular flexibility index (Phi) is 5.38. The Labute approximate surface area is 179 Å². The lowest BCUT2D eigenvalue weighted by atomic mass is 10.1. The summed E-state index contributed by atoms with van der Waals surface area (Å²) in [6, 6.07) is 3.59. The van der Waals surface area contributed by atoms with Gasteiger partial charge in [-0.25, -0.2) is 18.6 Å². The van der Waals surface area contributed by atoms with Gasteiger partial charge < -0.3 is 25.2 Å². The molecule has 0 radical (unpaired) electrons. The van der Waals surface area contributed by atoms with Gasteiger partial charge >= 0.3 is 12.0 Å². The molecule has 4 rings (SSSR count). The lowest BCUT2D eigenvalue weighted by molar-refractivity contribution is -0.147. The number of ether oxygens (including phenoxy) is 1. The van der Waals surface area contributed by atoms with Gasteiger partial charge in [0.25, 0.3) is 0 Å². The minimum absolute atomic E-state index is 0.0526. The van der Waals surface area contributed by atoms with Crippen LogP contribution in [0.3, 0.4) is 0 Å². The van der Waals surface area contributed by atoms with Crippen molar-refractivity contribution in [2.45, 2.75) is 18.9 Å². The number of aliphatic hydroxyl groups excluding tert-OH is 1. The molecule has 0 bridgehead atoms. The van der Waals surface area contributed by atoms with Crippen LogP contribution in [0, 0.1) is 17.0 Å². The number of likely N-dealkylation sites (tertiary alicyclic amines) is 1. The minimum Gasteiger partial charge on any atom is -0.480 e. The van der Waals surface area contributed by atoms with Gasteiger partial charge in [0.05, 0.1) is 24.9 Å². The van der Waals surface area contributed by atoms with Crippen LogP contribution in [0.4, 0.5) is 25.1 Å². The summed E-state index contributed by atoms with van der Waals surface area (Å²) in [5.41, 5.74) is -2.11. The molecule has 168 valence electrons. The number of pyridine rings is 1. The Hall–Kier alpha value is -3.80. The molecular weight excluding hydrogens is 430 g/mol. The number of benzene rings is 1. The zero-order valence-electron chi connectivity index (χ0n) is 16.5. The average molecular weight is 448 g/mol. The highest BCUT2D eigenvalue weighted by Crippen LogP contribution is 2.47. The number of carbonyl (C=O) groups is 3. The number of nitrogens with one attached hydrogen (secondary N) is 2. The van der Waals surface area contributed by atoms with E-state index in [0.717, 1.165) is 0 Å². The van der Waals surface area contributed by atoms with Crippen LogP contribution in [0.1, 0.15) is 12.8 Å². The van der Waals surface area contributed by atoms with E-state index in [2.05, 4.69) is 15.6 Å². The Morgan fingerprint density at radius 1 is 1.12 bits per heavy atom. The largest absolute Gasteiger partial charge is 0.480 e. The highest BCUT2D eigenvalue weighted by molar-refractivity contribution is 6.10. The SMILES string of the molecule is O=C(Nc1cc(Oc2cc(F)c(NC(=O)C3(C(=O)O)CC3)cc2F)ccn1)N1CC(O)C1. The Balaban J connectivity index is 1.44. The van der Waals surface area contributed by atoms with Crippen LogP contribution < -0.4 is 15.4 Å². The fourth-order valence-electron chi connectivity index (χ4n) is 3.09. The third-order valence-electron chi connectivity index (χ3n) is 5.21. The van der Waals surface area contributed by atoms with Gasteiger partial charge in [0.15, 0.2) is 17.4 Å². The molecule has 0 spiro atoms. The molecule has 1 aromatic carbocycles. The number of rotatable bonds is 6. The zero-order valence-corrected chi connectivity index (χ0v) is 16.5. The van der Waals surface area contributed by atoms with Gasteiger partial charge in [0.1, 0.15) is 17.0 Å². The maximum absolute atomic E-state index is 14.5. The van der Waals surface area contributed by atoms with Crippen molar-refractivity contribution in [2.75, 3.05) is 23.7 Å². The van der Waals surface area contributed by atoms with Crippen molar-refractivity contribution in [3.8, 4) is 11.5 Å². The number of anilines is 2. The third-order valence-corrected chi connectivity index (χ3v) is 5.21. The van der Waals surface area contributed by atoms with Crippen LogP contribution in [0.2, 0.25) is 0 Å². The average Bonchev–Trinajstić information content (AvgIpc) is 3.52. The molecule has 1 saturated carbocycles. The lowest BCUT2D eigenvalue weighted by Gasteiger charge is -2.35. The summed E-state index contributed by atoms with van der Waals surface area (Å²) in [6.45, 7) is 0.395. The molecule has 1 aliphatic carbocycles. The first kappa shape index (κ1) is 21.4. The minimum atomic E-state index is -1.61. The smallest absolute Gasteiger partial charge is 0.323 e. The van der Waals surface area contributed by atoms with Crippen LogP contribution in [-0.4, -0.2) is 57.2 Å². The number of aliphatic carboxylic acids is 1. The number of aliphatic hydroxyl groups is 1. The predicted octanol–water partition coefficient (Wildman–Crippen LogP) is 2.16. The van der Waals surface area contributed by atoms with Crippen molar-refractivity contribution in [1.29, 1.82) is 0 Å². The standard InChI is InChI=1S/C20H18F2N4O6/c21-12-7-15(13(22)6-14(12)24-17(28)20(2-3-20)18(29)30)32-11-1-4-23-16(5-11)25-19(31)26-8-10(27)9-26/h1,4-7,10,27H,2-3,8-9H2,(H,24,28)(H,29,30)(H,23,25,31). The van der Waals surface area contributed by atoms with Gasteiger partial charge in [-0.2, -0.15) is 0 Å². The number of carboxylic acid groups (broad SMARTS) is 1. The van der Waals surface area contributed by atoms with Crippen LogP contribution in [-0.2, 0) is 9.59 Å². The monoisotopic (exact) mass is 448 g/mol. The second-order valence-corrected chi connectivity index (χ2v) is 7.57. The quantitative estimate of drug-likeness (QED) is 0.496. The number of carboxylic acids is 1. The summed E-state index contributed by atoms with van der Waals surface area (Å²) in [4.78, 5) is 40.6. The maximum atomic E-state index is 14.5. The molecule has 1 saturated heterocycles. The molecule has 10 nitrogen and oxygen atoms in total. The summed E-state index contributed by atoms with van der Waals surface area (Å²) in [5, 5.41) is 23.0. The fraction of sp³-hybridized carbons (Fsp3) is 0.300. The van der Waals surface area contributed by atoms with E-state index in [9.17, 15) is 28.3 Å². The first-order chi connectivity index (χ1) is 15.2. The normalized spacial score (nSPS) is 16.7. The highest BCUT2D eigenvalue weighted by Gasteiger charge is 2.57. The van der Waals surface area contributed by atoms with Crippen LogP contribution >= 0.6 is 0 Å². The van der Waals surface area contributed by atoms with Gasteiger partial charge in [-0.05, 0) is 18.9 Å². The molecule has 4 N–H and O–H groups in total. The van der Waals surface area contributed by atoms with Gasteiger partial charge in [-0.3, -0.25) is 14.9 Å². The molecule has 2 aliphatic rings. The molecule has 0 unspecified atom stereocenters. The Bertz CT molecular complexity index is 1100. The van der Waals surface area contributed by atoms with Crippen LogP contribution in [0.5, 0.6) is 11.5 Å². The molecular formula is C20H18F2N4O6. The van der Waals surface area contributed by atoms with Gasteiger partial charge in [0, 0.05) is 24.4 Å². The van der Waals surface area contributed by atoms with Crippen LogP contribution in [0.25, 0.3) is 0 Å². The highest BCUT2D eigenvalue weighted by atomic mass is 19.1. The maximum Gasteiger partial charge on any atom is 0.323 e. The number of hydrogen-bond acceptors (Lipinski definition) is 6. The van der Waals surface area contributed by atoms with E-state index in [4.69, 9.17) is 9.84 Å². The van der Waals surface area contributed by atoms with Crippen molar-refractivity contribution in [1.82, 2.24) is 9.88 Å². The summed E-state index contributed by atoms with van der Waals surface area (Å²) < 4.78 is 34.2. The Morgan fingerprint density at radius 2 is 1.84 bits per heavy atom. The number of urea groups is 1. The molecule has 2 fully saturated rings. The lowest BCUT2D eigenvalue weighted by Crippen LogP contribution is -2.54. The Morgan fingerprint density at radius 3 is 2.47 bits per heavy atom. The third kappa shape index (κ3) is 4.17. The van der Waals surface area contributed by atoms with Gasteiger partial charge in [-0.1, -0.05) is 0 Å². The van der Waals surface area contributed by atoms with E-state index in [1.54, 1.807) is 0 Å². The number of hydrogen-bond donors (Lipinski definition) is 4. The topological polar surface area (TPSA) is 141 Å². The molecule has 3 amide bonds. The van der Waals surface area contributed by atoms with Crippen molar-refractivity contribution >= 4 is 29.4 Å². The molecule has 1 aliphatic heterocycles. The van der Waals surface area contributed by atoms with E-state index in [-0.39, 0.29) is 37.5 Å². The van der Waals surface area contributed by atoms with E-state index < -0.39 is 52.5 Å². The number of carbonyl (C=O) groups excluding carboxylic acids is 2. The van der Waals surface area contributed by atoms with Gasteiger partial charge in [-0.15, -0.1) is 0 Å². The second kappa shape index (κ2) is 8.04. The summed E-state index contributed by atoms with van der Waals surface area (Å²) in [7, 11) is 0. The molecule has 0 atom stereocenters. The van der Waals surface area contributed by atoms with Crippen molar-refractivity contribution in [2.24, 2.45) is 5.41 Å². The number of aromatic nitrogens is 1. The van der Waals surface area contributed by atoms with E-state index in [0.29, 0.717) is 12.1 Å². The van der Waals surface area contributed by atoms with E-state index in [1.165, 1.54) is 23.2 Å². The molecule has 2 heterocycles. The molecule has 12 heteroatoms. The second-order valence-electron chi connectivity index (χ2n) is 7.57. The predicted molar refractivity (Wildman–Crippen MR) is 105 cm³/mol. The molecule has 2 aromatic rings. The summed E-state index contributed by atoms with van der Waals surface area (Å²) >= 11 is 0. The summed E-state index contributed by atoms with van der Waals surface area (Å²) in [6.07, 6.45) is 0.977. The van der Waals surface area contributed by atoms with Crippen molar-refractivity contribution in [3.63, 3.8) is 0 Å². The molecule has 1 aromatic heterocycles. The van der Waals surface area contributed by atoms with E-state index in [1.807, 2.05) is 0 Å². The number of amides is 3. The number of halogens is 2. The first-order valence-corrected chi connectivity index (χ1v) is 9.60. The zero-order chi connectivity index (χ0) is 23.0. The van der Waals surface area contributed by atoms with E-state index >= 15 is 0 Å². The van der Waals surface area contributed by atoms with Crippen molar-refractivity contribution < 1.29 is 38.1 Å². The fourth-order valence-corrected chi connectivity index (χ4v) is 3.09. The first-order valence-electron chi connectivity index (χ1n) is 9.60. The number of nitrogens with zero attached hydrogens (tertiary/aromatic N) is 2. The molecule has 32 heavy (non-hydrogen) atoms. The van der Waals surface area contributed by atoms with Gasteiger partial charge in [0.2, 0.25) is 5.91 Å². The number of β-amino-alcohol motifs (C(OH)–C–C–N with tert-alkyl or cyclic N) is 1. The van der Waals surface area contributed by atoms with Crippen molar-refractivity contribution in [3.05, 3.63) is 42.1 Å². The van der Waals surface area contributed by atoms with Crippen LogP contribution in [0.15, 0.2) is 30.5 Å².